The standard InChI is InChI=1S/C23H19NO5S/c1-15(25)24-14-22-20(12-16-6-3-2-4-7-16)28-18-10-9-17(13-21(18)29-22)30-23(26)19-8-5-11-27-19/h2-11,13H,12,14H2,1H3,(H,24,25). The molecule has 0 saturated heterocycles. The molecule has 7 heteroatoms. The van der Waals surface area contributed by atoms with Crippen LogP contribution in [0.15, 0.2) is 87.8 Å². The number of furan rings is 1. The number of rotatable bonds is 6. The number of carbonyl (C=O) groups is 2. The van der Waals surface area contributed by atoms with Gasteiger partial charge in [-0.3, -0.25) is 9.59 Å². The maximum atomic E-state index is 12.3. The summed E-state index contributed by atoms with van der Waals surface area (Å²) in [6, 6.07) is 18.5. The molecule has 0 aliphatic carbocycles. The van der Waals surface area contributed by atoms with Crippen LogP contribution in [0.4, 0.5) is 0 Å². The number of benzene rings is 2. The number of allylic oxidation sites excluding steroid dienone is 1. The number of thioether (sulfide) groups is 1. The molecular weight excluding hydrogens is 402 g/mol. The molecule has 1 aliphatic heterocycles. The summed E-state index contributed by atoms with van der Waals surface area (Å²) in [5, 5.41) is 2.56. The number of ether oxygens (including phenoxy) is 2. The van der Waals surface area contributed by atoms with Crippen LogP contribution in [0.1, 0.15) is 23.0 Å². The van der Waals surface area contributed by atoms with Gasteiger partial charge in [-0.2, -0.15) is 0 Å². The van der Waals surface area contributed by atoms with E-state index in [2.05, 4.69) is 5.32 Å². The largest absolute Gasteiger partial charge is 0.460 e. The van der Waals surface area contributed by atoms with E-state index in [0.717, 1.165) is 17.3 Å². The first-order chi connectivity index (χ1) is 14.6. The van der Waals surface area contributed by atoms with Gasteiger partial charge in [0.25, 0.3) is 5.12 Å². The molecule has 30 heavy (non-hydrogen) atoms. The highest BCUT2D eigenvalue weighted by atomic mass is 32.2. The lowest BCUT2D eigenvalue weighted by molar-refractivity contribution is -0.118. The summed E-state index contributed by atoms with van der Waals surface area (Å²) in [4.78, 5) is 24.4. The fourth-order valence-corrected chi connectivity index (χ4v) is 3.64. The van der Waals surface area contributed by atoms with Crippen LogP contribution in [0.5, 0.6) is 11.5 Å². The summed E-state index contributed by atoms with van der Waals surface area (Å²) in [5.41, 5.74) is 1.07. The van der Waals surface area contributed by atoms with Gasteiger partial charge in [0, 0.05) is 18.2 Å². The smallest absolute Gasteiger partial charge is 0.259 e. The number of hydrogen-bond acceptors (Lipinski definition) is 6. The Morgan fingerprint density at radius 3 is 2.47 bits per heavy atom. The summed E-state index contributed by atoms with van der Waals surface area (Å²) in [7, 11) is 0. The maximum absolute atomic E-state index is 12.3. The Bertz CT molecular complexity index is 1090. The van der Waals surface area contributed by atoms with E-state index in [1.54, 1.807) is 30.3 Å². The van der Waals surface area contributed by atoms with E-state index in [1.165, 1.54) is 13.2 Å². The van der Waals surface area contributed by atoms with Crippen molar-refractivity contribution in [2.24, 2.45) is 0 Å². The third kappa shape index (κ3) is 4.75. The first-order valence-corrected chi connectivity index (χ1v) is 10.2. The van der Waals surface area contributed by atoms with Crippen molar-refractivity contribution in [3.63, 3.8) is 0 Å². The van der Waals surface area contributed by atoms with Crippen LogP contribution in [0.2, 0.25) is 0 Å². The summed E-state index contributed by atoms with van der Waals surface area (Å²) in [6.45, 7) is 1.66. The van der Waals surface area contributed by atoms with Gasteiger partial charge in [0.05, 0.1) is 12.8 Å². The molecular formula is C23H19NO5S. The molecule has 2 heterocycles. The topological polar surface area (TPSA) is 77.8 Å². The van der Waals surface area contributed by atoms with Crippen LogP contribution < -0.4 is 14.8 Å². The van der Waals surface area contributed by atoms with Gasteiger partial charge in [0.1, 0.15) is 5.76 Å². The normalized spacial score (nSPS) is 12.6. The molecule has 0 spiro atoms. The summed E-state index contributed by atoms with van der Waals surface area (Å²) in [5.74, 6) is 2.33. The van der Waals surface area contributed by atoms with Crippen molar-refractivity contribution in [1.29, 1.82) is 0 Å². The Hall–Kier alpha value is -3.45. The van der Waals surface area contributed by atoms with Gasteiger partial charge in [-0.05, 0) is 47.7 Å². The highest BCUT2D eigenvalue weighted by molar-refractivity contribution is 8.14. The molecule has 1 N–H and O–H groups in total. The Morgan fingerprint density at radius 2 is 1.73 bits per heavy atom. The van der Waals surface area contributed by atoms with E-state index in [0.29, 0.717) is 34.3 Å². The number of nitrogens with one attached hydrogen (secondary N) is 1. The molecule has 0 bridgehead atoms. The third-order valence-corrected chi connectivity index (χ3v) is 5.21. The van der Waals surface area contributed by atoms with Gasteiger partial charge >= 0.3 is 0 Å². The molecule has 0 fully saturated rings. The Morgan fingerprint density at radius 1 is 0.933 bits per heavy atom. The molecule has 1 amide bonds. The quantitative estimate of drug-likeness (QED) is 0.588. The predicted molar refractivity (Wildman–Crippen MR) is 112 cm³/mol. The zero-order valence-electron chi connectivity index (χ0n) is 16.2. The van der Waals surface area contributed by atoms with Crippen LogP contribution >= 0.6 is 11.8 Å². The zero-order valence-corrected chi connectivity index (χ0v) is 17.0. The van der Waals surface area contributed by atoms with Crippen molar-refractivity contribution in [2.45, 2.75) is 18.2 Å². The van der Waals surface area contributed by atoms with E-state index in [4.69, 9.17) is 13.9 Å². The highest BCUT2D eigenvalue weighted by Gasteiger charge is 2.23. The molecule has 3 aromatic rings. The van der Waals surface area contributed by atoms with E-state index in [-0.39, 0.29) is 23.3 Å². The lowest BCUT2D eigenvalue weighted by Crippen LogP contribution is -2.28. The lowest BCUT2D eigenvalue weighted by Gasteiger charge is -2.24. The van der Waals surface area contributed by atoms with Crippen LogP contribution in [-0.2, 0) is 11.2 Å². The van der Waals surface area contributed by atoms with Crippen molar-refractivity contribution in [1.82, 2.24) is 5.32 Å². The number of amides is 1. The average Bonchev–Trinajstić information content (AvgIpc) is 3.28. The van der Waals surface area contributed by atoms with E-state index >= 15 is 0 Å². The lowest BCUT2D eigenvalue weighted by atomic mass is 10.1. The minimum atomic E-state index is -0.199. The SMILES string of the molecule is CC(=O)NCC1=C(Cc2ccccc2)Oc2ccc(SC(=O)c3ccco3)cc2O1. The molecule has 0 unspecified atom stereocenters. The molecule has 6 nitrogen and oxygen atoms in total. The molecule has 0 atom stereocenters. The molecule has 152 valence electrons. The number of fused-ring (bicyclic) bond motifs is 1. The molecule has 2 aromatic carbocycles. The van der Waals surface area contributed by atoms with E-state index < -0.39 is 0 Å². The van der Waals surface area contributed by atoms with Crippen molar-refractivity contribution >= 4 is 22.8 Å². The molecule has 0 saturated carbocycles. The molecule has 0 radical (unpaired) electrons. The van der Waals surface area contributed by atoms with Gasteiger partial charge < -0.3 is 19.2 Å². The van der Waals surface area contributed by atoms with Gasteiger partial charge in [0.2, 0.25) is 5.91 Å². The second kappa shape index (κ2) is 8.92. The van der Waals surface area contributed by atoms with Crippen LogP contribution in [0.25, 0.3) is 0 Å². The van der Waals surface area contributed by atoms with Crippen molar-refractivity contribution in [2.75, 3.05) is 6.54 Å². The second-order valence-corrected chi connectivity index (χ2v) is 7.64. The number of carbonyl (C=O) groups excluding carboxylic acids is 2. The predicted octanol–water partition coefficient (Wildman–Crippen LogP) is 4.57. The highest BCUT2D eigenvalue weighted by Crippen LogP contribution is 2.39. The average molecular weight is 421 g/mol. The van der Waals surface area contributed by atoms with Crippen LogP contribution in [-0.4, -0.2) is 17.6 Å². The minimum absolute atomic E-state index is 0.163. The van der Waals surface area contributed by atoms with Gasteiger partial charge in [-0.25, -0.2) is 0 Å². The minimum Gasteiger partial charge on any atom is -0.460 e. The molecule has 4 rings (SSSR count). The second-order valence-electron chi connectivity index (χ2n) is 6.60. The maximum Gasteiger partial charge on any atom is 0.259 e. The molecule has 1 aliphatic rings. The third-order valence-electron chi connectivity index (χ3n) is 4.33. The monoisotopic (exact) mass is 421 g/mol. The fourth-order valence-electron chi connectivity index (χ4n) is 2.90. The van der Waals surface area contributed by atoms with Crippen molar-refractivity contribution in [3.05, 3.63) is 89.8 Å². The van der Waals surface area contributed by atoms with Gasteiger partial charge in [0.15, 0.2) is 23.0 Å². The van der Waals surface area contributed by atoms with Gasteiger partial charge in [-0.1, -0.05) is 30.3 Å². The fraction of sp³-hybridized carbons (Fsp3) is 0.130. The van der Waals surface area contributed by atoms with Crippen molar-refractivity contribution < 1.29 is 23.5 Å². The van der Waals surface area contributed by atoms with Crippen LogP contribution in [0.3, 0.4) is 0 Å². The Labute approximate surface area is 177 Å². The summed E-state index contributed by atoms with van der Waals surface area (Å²) >= 11 is 1.04. The number of hydrogen-bond donors (Lipinski definition) is 1. The Kier molecular flexibility index (Phi) is 5.90. The van der Waals surface area contributed by atoms with Crippen molar-refractivity contribution in [3.8, 4) is 11.5 Å². The molecule has 1 aromatic heterocycles. The van der Waals surface area contributed by atoms with Gasteiger partial charge in [-0.15, -0.1) is 0 Å². The van der Waals surface area contributed by atoms with E-state index in [9.17, 15) is 9.59 Å². The van der Waals surface area contributed by atoms with Crippen LogP contribution in [0, 0.1) is 0 Å². The summed E-state index contributed by atoms with van der Waals surface area (Å²) in [6.07, 6.45) is 1.99. The summed E-state index contributed by atoms with van der Waals surface area (Å²) < 4.78 is 17.3. The Balaban J connectivity index is 1.56. The first-order valence-electron chi connectivity index (χ1n) is 9.34. The zero-order chi connectivity index (χ0) is 20.9. The first kappa shape index (κ1) is 19.8. The van der Waals surface area contributed by atoms with E-state index in [1.807, 2.05) is 30.3 Å².